The van der Waals surface area contributed by atoms with Gasteiger partial charge in [0.25, 0.3) is 0 Å². The average Bonchev–Trinajstić information content (AvgIpc) is 2.81. The molecule has 4 heteroatoms. The molecule has 3 atom stereocenters. The topological polar surface area (TPSA) is 42.9 Å². The Morgan fingerprint density at radius 3 is 2.39 bits per heavy atom. The highest BCUT2D eigenvalue weighted by atomic mass is 32.2. The molecule has 2 saturated carbocycles. The van der Waals surface area contributed by atoms with E-state index in [1.165, 1.54) is 0 Å². The zero-order valence-electron chi connectivity index (χ0n) is 14.1. The first-order valence-corrected chi connectivity index (χ1v) is 9.16. The number of para-hydroxylation sites is 2. The Hall–Kier alpha value is -1.42. The molecule has 23 heavy (non-hydrogen) atoms. The fourth-order valence-electron chi connectivity index (χ4n) is 4.47. The lowest BCUT2D eigenvalue weighted by atomic mass is 9.71. The van der Waals surface area contributed by atoms with E-state index in [1.54, 1.807) is 11.8 Å². The molecule has 2 aliphatic carbocycles. The standard InChI is InChI=1S/C19H22N2OS/c1-11-17(21-14-8-6-5-7-13(14)20-11)23-16-15(22)12-9-10-19(16,4)18(12,2)3/h5-8,12,16H,9-10H2,1-4H3/t12-,16+,19+/m1/s1. The van der Waals surface area contributed by atoms with Gasteiger partial charge in [0, 0.05) is 5.92 Å². The van der Waals surface area contributed by atoms with Gasteiger partial charge in [0.15, 0.2) is 0 Å². The summed E-state index contributed by atoms with van der Waals surface area (Å²) in [5.41, 5.74) is 2.88. The number of nitrogens with zero attached hydrogens (tertiary/aromatic N) is 2. The van der Waals surface area contributed by atoms with Crippen molar-refractivity contribution in [3.05, 3.63) is 30.0 Å². The Labute approximate surface area is 141 Å². The third-order valence-corrected chi connectivity index (χ3v) is 8.01. The molecule has 0 spiro atoms. The fourth-order valence-corrected chi connectivity index (χ4v) is 6.02. The van der Waals surface area contributed by atoms with E-state index in [0.29, 0.717) is 5.78 Å². The average molecular weight is 326 g/mol. The van der Waals surface area contributed by atoms with Gasteiger partial charge in [0.2, 0.25) is 0 Å². The summed E-state index contributed by atoms with van der Waals surface area (Å²) in [4.78, 5) is 22.4. The van der Waals surface area contributed by atoms with Gasteiger partial charge in [-0.05, 0) is 42.7 Å². The van der Waals surface area contributed by atoms with Crippen molar-refractivity contribution in [3.63, 3.8) is 0 Å². The molecule has 2 aromatic rings. The largest absolute Gasteiger partial charge is 0.298 e. The Kier molecular flexibility index (Phi) is 3.15. The van der Waals surface area contributed by atoms with Crippen LogP contribution in [0.25, 0.3) is 11.0 Å². The molecule has 0 unspecified atom stereocenters. The number of hydrogen-bond donors (Lipinski definition) is 0. The number of rotatable bonds is 2. The van der Waals surface area contributed by atoms with Crippen molar-refractivity contribution in [1.29, 1.82) is 0 Å². The van der Waals surface area contributed by atoms with Gasteiger partial charge in [-0.15, -0.1) is 0 Å². The van der Waals surface area contributed by atoms with E-state index in [-0.39, 0.29) is 22.0 Å². The van der Waals surface area contributed by atoms with Crippen molar-refractivity contribution in [2.45, 2.75) is 50.8 Å². The molecule has 2 fully saturated rings. The van der Waals surface area contributed by atoms with Crippen LogP contribution in [-0.4, -0.2) is 21.0 Å². The zero-order chi connectivity index (χ0) is 16.4. The van der Waals surface area contributed by atoms with Crippen LogP contribution in [0.2, 0.25) is 0 Å². The maximum absolute atomic E-state index is 12.9. The van der Waals surface area contributed by atoms with Crippen LogP contribution in [0.5, 0.6) is 0 Å². The molecular weight excluding hydrogens is 304 g/mol. The summed E-state index contributed by atoms with van der Waals surface area (Å²) >= 11 is 1.64. The summed E-state index contributed by atoms with van der Waals surface area (Å²) in [5.74, 6) is 0.627. The summed E-state index contributed by atoms with van der Waals surface area (Å²) < 4.78 is 0. The number of Topliss-reactive ketones (excluding diaryl/α,β-unsaturated/α-hetero) is 1. The van der Waals surface area contributed by atoms with Gasteiger partial charge in [-0.2, -0.15) is 0 Å². The summed E-state index contributed by atoms with van der Waals surface area (Å²) in [6, 6.07) is 7.93. The normalized spacial score (nSPS) is 31.9. The number of carbonyl (C=O) groups is 1. The third kappa shape index (κ3) is 1.94. The maximum atomic E-state index is 12.9. The maximum Gasteiger partial charge on any atom is 0.150 e. The third-order valence-electron chi connectivity index (χ3n) is 6.41. The predicted octanol–water partition coefficient (Wildman–Crippen LogP) is 4.42. The molecule has 0 aliphatic heterocycles. The molecule has 0 radical (unpaired) electrons. The van der Waals surface area contributed by atoms with E-state index < -0.39 is 0 Å². The molecule has 2 bridgehead atoms. The van der Waals surface area contributed by atoms with Gasteiger partial charge in [-0.3, -0.25) is 4.79 Å². The van der Waals surface area contributed by atoms with Crippen molar-refractivity contribution in [2.24, 2.45) is 16.7 Å². The van der Waals surface area contributed by atoms with Crippen LogP contribution >= 0.6 is 11.8 Å². The first-order chi connectivity index (χ1) is 10.8. The SMILES string of the molecule is Cc1nc2ccccc2nc1S[C@H]1C(=O)[C@H]2CC[C@]1(C)C2(C)C. The lowest BCUT2D eigenvalue weighted by molar-refractivity contribution is -0.122. The van der Waals surface area contributed by atoms with E-state index in [2.05, 4.69) is 25.8 Å². The van der Waals surface area contributed by atoms with E-state index in [1.807, 2.05) is 31.2 Å². The predicted molar refractivity (Wildman–Crippen MR) is 93.5 cm³/mol. The van der Waals surface area contributed by atoms with Gasteiger partial charge in [0.05, 0.1) is 22.0 Å². The summed E-state index contributed by atoms with van der Waals surface area (Å²) in [7, 11) is 0. The number of hydrogen-bond acceptors (Lipinski definition) is 4. The molecule has 0 amide bonds. The van der Waals surface area contributed by atoms with Crippen molar-refractivity contribution in [3.8, 4) is 0 Å². The van der Waals surface area contributed by atoms with E-state index >= 15 is 0 Å². The Bertz CT molecular complexity index is 816. The van der Waals surface area contributed by atoms with Crippen LogP contribution < -0.4 is 0 Å². The van der Waals surface area contributed by atoms with Crippen LogP contribution in [0.1, 0.15) is 39.3 Å². The smallest absolute Gasteiger partial charge is 0.150 e. The summed E-state index contributed by atoms with van der Waals surface area (Å²) in [6.45, 7) is 8.82. The molecule has 120 valence electrons. The molecule has 1 heterocycles. The number of ketones is 1. The van der Waals surface area contributed by atoms with Gasteiger partial charge < -0.3 is 0 Å². The van der Waals surface area contributed by atoms with Crippen molar-refractivity contribution in [2.75, 3.05) is 0 Å². The molecule has 3 nitrogen and oxygen atoms in total. The molecular formula is C19H22N2OS. The van der Waals surface area contributed by atoms with E-state index in [0.717, 1.165) is 34.6 Å². The van der Waals surface area contributed by atoms with Crippen LogP contribution in [0.4, 0.5) is 0 Å². The molecule has 2 aliphatic rings. The fraction of sp³-hybridized carbons (Fsp3) is 0.526. The second kappa shape index (κ2) is 4.79. The van der Waals surface area contributed by atoms with Gasteiger partial charge in [-0.1, -0.05) is 44.7 Å². The lowest BCUT2D eigenvalue weighted by Crippen LogP contribution is -2.35. The summed E-state index contributed by atoms with van der Waals surface area (Å²) in [6.07, 6.45) is 2.18. The number of thioether (sulfide) groups is 1. The second-order valence-electron chi connectivity index (χ2n) is 7.73. The minimum atomic E-state index is 0.00501. The lowest BCUT2D eigenvalue weighted by Gasteiger charge is -2.37. The number of aromatic nitrogens is 2. The van der Waals surface area contributed by atoms with E-state index in [4.69, 9.17) is 4.98 Å². The van der Waals surface area contributed by atoms with Gasteiger partial charge >= 0.3 is 0 Å². The first kappa shape index (κ1) is 15.1. The highest BCUT2D eigenvalue weighted by Gasteiger charge is 2.66. The Balaban J connectivity index is 1.74. The molecule has 0 saturated heterocycles. The Morgan fingerprint density at radius 2 is 1.78 bits per heavy atom. The highest BCUT2D eigenvalue weighted by molar-refractivity contribution is 8.00. The van der Waals surface area contributed by atoms with Crippen molar-refractivity contribution in [1.82, 2.24) is 9.97 Å². The van der Waals surface area contributed by atoms with Crippen molar-refractivity contribution < 1.29 is 4.79 Å². The quantitative estimate of drug-likeness (QED) is 0.819. The minimum Gasteiger partial charge on any atom is -0.298 e. The van der Waals surface area contributed by atoms with Crippen LogP contribution in [0.15, 0.2) is 29.3 Å². The Morgan fingerprint density at radius 1 is 1.13 bits per heavy atom. The number of aryl methyl sites for hydroxylation is 1. The summed E-state index contributed by atoms with van der Waals surface area (Å²) in [5, 5.41) is 0.914. The molecule has 0 N–H and O–H groups in total. The number of fused-ring (bicyclic) bond motifs is 3. The van der Waals surface area contributed by atoms with Crippen LogP contribution in [0, 0.1) is 23.7 Å². The number of carbonyl (C=O) groups excluding carboxylic acids is 1. The number of benzene rings is 1. The van der Waals surface area contributed by atoms with Gasteiger partial charge in [0.1, 0.15) is 10.8 Å². The van der Waals surface area contributed by atoms with E-state index in [9.17, 15) is 4.79 Å². The monoisotopic (exact) mass is 326 g/mol. The highest BCUT2D eigenvalue weighted by Crippen LogP contribution is 2.67. The van der Waals surface area contributed by atoms with Crippen molar-refractivity contribution >= 4 is 28.6 Å². The molecule has 4 rings (SSSR count). The molecule has 1 aromatic carbocycles. The van der Waals surface area contributed by atoms with Crippen LogP contribution in [0.3, 0.4) is 0 Å². The molecule has 1 aromatic heterocycles. The minimum absolute atomic E-state index is 0.00501. The second-order valence-corrected chi connectivity index (χ2v) is 8.83. The van der Waals surface area contributed by atoms with Crippen LogP contribution in [-0.2, 0) is 4.79 Å². The zero-order valence-corrected chi connectivity index (χ0v) is 14.9. The first-order valence-electron chi connectivity index (χ1n) is 8.28. The van der Waals surface area contributed by atoms with Gasteiger partial charge in [-0.25, -0.2) is 9.97 Å².